The second-order valence-corrected chi connectivity index (χ2v) is 4.38. The van der Waals surface area contributed by atoms with Crippen molar-refractivity contribution in [1.82, 2.24) is 4.98 Å². The van der Waals surface area contributed by atoms with E-state index in [4.69, 9.17) is 0 Å². The quantitative estimate of drug-likeness (QED) is 0.816. The molecule has 88 valence electrons. The van der Waals surface area contributed by atoms with E-state index < -0.39 is 0 Å². The van der Waals surface area contributed by atoms with Gasteiger partial charge < -0.3 is 10.0 Å². The number of halogens is 1. The third-order valence-electron chi connectivity index (χ3n) is 3.19. The smallest absolute Gasteiger partial charge is 0.125 e. The van der Waals surface area contributed by atoms with Crippen molar-refractivity contribution in [3.63, 3.8) is 0 Å². The maximum atomic E-state index is 13.1. The van der Waals surface area contributed by atoms with Gasteiger partial charge in [-0.15, -0.1) is 0 Å². The number of rotatable bonds is 1. The highest BCUT2D eigenvalue weighted by Crippen LogP contribution is 2.28. The fourth-order valence-corrected chi connectivity index (χ4v) is 2.34. The summed E-state index contributed by atoms with van der Waals surface area (Å²) in [6.45, 7) is 1.47. The Hall–Kier alpha value is -1.68. The van der Waals surface area contributed by atoms with Gasteiger partial charge in [-0.05, 0) is 24.6 Å². The molecule has 1 saturated heterocycles. The molecule has 1 aromatic heterocycles. The fraction of sp³-hybridized carbons (Fsp3) is 0.308. The molecule has 3 rings (SSSR count). The lowest BCUT2D eigenvalue weighted by Crippen LogP contribution is -2.21. The first-order valence-corrected chi connectivity index (χ1v) is 5.71. The van der Waals surface area contributed by atoms with Gasteiger partial charge in [-0.2, -0.15) is 0 Å². The predicted molar refractivity (Wildman–Crippen MR) is 64.5 cm³/mol. The average molecular weight is 232 g/mol. The molecule has 1 aliphatic rings. The maximum Gasteiger partial charge on any atom is 0.125 e. The van der Waals surface area contributed by atoms with E-state index in [1.807, 2.05) is 6.07 Å². The van der Waals surface area contributed by atoms with Crippen LogP contribution in [0.4, 0.5) is 10.1 Å². The van der Waals surface area contributed by atoms with Crippen molar-refractivity contribution >= 4 is 16.6 Å². The van der Waals surface area contributed by atoms with Gasteiger partial charge in [0.25, 0.3) is 0 Å². The summed E-state index contributed by atoms with van der Waals surface area (Å²) in [6, 6.07) is 6.54. The largest absolute Gasteiger partial charge is 0.391 e. The summed E-state index contributed by atoms with van der Waals surface area (Å²) in [5.74, 6) is -0.274. The Morgan fingerprint density at radius 3 is 3.00 bits per heavy atom. The third-order valence-corrected chi connectivity index (χ3v) is 3.19. The Labute approximate surface area is 98.5 Å². The summed E-state index contributed by atoms with van der Waals surface area (Å²) in [5, 5.41) is 10.5. The molecule has 0 bridgehead atoms. The zero-order chi connectivity index (χ0) is 11.8. The Bertz CT molecular complexity index is 558. The van der Waals surface area contributed by atoms with Crippen molar-refractivity contribution in [3.05, 3.63) is 36.3 Å². The van der Waals surface area contributed by atoms with Gasteiger partial charge in [0.15, 0.2) is 0 Å². The number of benzene rings is 1. The average Bonchev–Trinajstić information content (AvgIpc) is 2.74. The van der Waals surface area contributed by atoms with E-state index in [0.29, 0.717) is 12.1 Å². The Morgan fingerprint density at radius 2 is 2.24 bits per heavy atom. The van der Waals surface area contributed by atoms with E-state index in [0.717, 1.165) is 24.0 Å². The van der Waals surface area contributed by atoms with Crippen LogP contribution in [0.1, 0.15) is 6.42 Å². The van der Waals surface area contributed by atoms with Crippen LogP contribution in [0.3, 0.4) is 0 Å². The van der Waals surface area contributed by atoms with Gasteiger partial charge in [0.05, 0.1) is 11.6 Å². The maximum absolute atomic E-state index is 13.1. The monoisotopic (exact) mass is 232 g/mol. The number of aromatic nitrogens is 1. The molecule has 3 nitrogen and oxygen atoms in total. The van der Waals surface area contributed by atoms with E-state index in [-0.39, 0.29) is 11.9 Å². The minimum Gasteiger partial charge on any atom is -0.391 e. The highest BCUT2D eigenvalue weighted by atomic mass is 19.1. The Morgan fingerprint density at radius 1 is 1.35 bits per heavy atom. The van der Waals surface area contributed by atoms with Gasteiger partial charge in [0.1, 0.15) is 5.82 Å². The molecule has 1 atom stereocenters. The summed E-state index contributed by atoms with van der Waals surface area (Å²) in [4.78, 5) is 6.28. The van der Waals surface area contributed by atoms with Crippen LogP contribution in [-0.4, -0.2) is 29.3 Å². The summed E-state index contributed by atoms with van der Waals surface area (Å²) >= 11 is 0. The number of fused-ring (bicyclic) bond motifs is 1. The normalized spacial score (nSPS) is 20.1. The number of hydrogen-bond acceptors (Lipinski definition) is 3. The van der Waals surface area contributed by atoms with Crippen LogP contribution in [0.15, 0.2) is 30.5 Å². The third kappa shape index (κ3) is 1.85. The SMILES string of the molecule is O[C@H]1CCN(c2ccnc3cc(F)ccc23)C1. The van der Waals surface area contributed by atoms with E-state index in [2.05, 4.69) is 9.88 Å². The minimum atomic E-state index is -0.274. The number of β-amino-alcohol motifs (C(OH)–C–C–N with tert-alkyl or cyclic N) is 1. The number of hydrogen-bond donors (Lipinski definition) is 1. The lowest BCUT2D eigenvalue weighted by molar-refractivity contribution is 0.198. The zero-order valence-corrected chi connectivity index (χ0v) is 9.31. The summed E-state index contributed by atoms with van der Waals surface area (Å²) in [6.07, 6.45) is 2.20. The van der Waals surface area contributed by atoms with E-state index >= 15 is 0 Å². The van der Waals surface area contributed by atoms with E-state index in [1.54, 1.807) is 12.3 Å². The van der Waals surface area contributed by atoms with Crippen molar-refractivity contribution in [2.24, 2.45) is 0 Å². The molecule has 1 N–H and O–H groups in total. The van der Waals surface area contributed by atoms with Gasteiger partial charge in [-0.3, -0.25) is 4.98 Å². The van der Waals surface area contributed by atoms with Gasteiger partial charge in [-0.1, -0.05) is 0 Å². The Kier molecular flexibility index (Phi) is 2.44. The molecule has 0 aliphatic carbocycles. The van der Waals surface area contributed by atoms with Gasteiger partial charge >= 0.3 is 0 Å². The first-order valence-electron chi connectivity index (χ1n) is 5.71. The van der Waals surface area contributed by atoms with E-state index in [9.17, 15) is 9.50 Å². The highest BCUT2D eigenvalue weighted by Gasteiger charge is 2.21. The van der Waals surface area contributed by atoms with Crippen molar-refractivity contribution in [2.45, 2.75) is 12.5 Å². The van der Waals surface area contributed by atoms with Crippen LogP contribution in [0.5, 0.6) is 0 Å². The van der Waals surface area contributed by atoms with Gasteiger partial charge in [0.2, 0.25) is 0 Å². The van der Waals surface area contributed by atoms with Crippen LogP contribution in [0, 0.1) is 5.82 Å². The molecule has 0 amide bonds. The molecular formula is C13H13FN2O. The van der Waals surface area contributed by atoms with Gasteiger partial charge in [-0.25, -0.2) is 4.39 Å². The van der Waals surface area contributed by atoms with Crippen LogP contribution >= 0.6 is 0 Å². The molecule has 1 fully saturated rings. The molecular weight excluding hydrogens is 219 g/mol. The molecule has 0 unspecified atom stereocenters. The second kappa shape index (κ2) is 3.96. The van der Waals surface area contributed by atoms with Gasteiger partial charge in [0, 0.05) is 36.4 Å². The number of nitrogens with zero attached hydrogens (tertiary/aromatic N) is 2. The lowest BCUT2D eigenvalue weighted by Gasteiger charge is -2.19. The fourth-order valence-electron chi connectivity index (χ4n) is 2.34. The number of aliphatic hydroxyl groups excluding tert-OH is 1. The predicted octanol–water partition coefficient (Wildman–Crippen LogP) is 1.94. The second-order valence-electron chi connectivity index (χ2n) is 4.38. The standard InChI is InChI=1S/C13H13FN2O/c14-9-1-2-11-12(7-9)15-5-3-13(11)16-6-4-10(17)8-16/h1-3,5,7,10,17H,4,6,8H2/t10-/m0/s1. The van der Waals surface area contributed by atoms with Crippen LogP contribution in [0.25, 0.3) is 10.9 Å². The number of aliphatic hydroxyl groups is 1. The molecule has 17 heavy (non-hydrogen) atoms. The lowest BCUT2D eigenvalue weighted by atomic mass is 10.1. The van der Waals surface area contributed by atoms with Crippen LogP contribution in [-0.2, 0) is 0 Å². The van der Waals surface area contributed by atoms with Crippen molar-refractivity contribution in [2.75, 3.05) is 18.0 Å². The van der Waals surface area contributed by atoms with Crippen molar-refractivity contribution in [3.8, 4) is 0 Å². The molecule has 2 aromatic rings. The van der Waals surface area contributed by atoms with E-state index in [1.165, 1.54) is 12.1 Å². The minimum absolute atomic E-state index is 0.265. The first kappa shape index (κ1) is 10.5. The molecule has 0 saturated carbocycles. The molecule has 1 aromatic carbocycles. The summed E-state index contributed by atoms with van der Waals surface area (Å²) < 4.78 is 13.1. The first-order chi connectivity index (χ1) is 8.24. The Balaban J connectivity index is 2.10. The zero-order valence-electron chi connectivity index (χ0n) is 9.31. The number of pyridine rings is 1. The van der Waals surface area contributed by atoms with Crippen molar-refractivity contribution in [1.29, 1.82) is 0 Å². The summed E-state index contributed by atoms with van der Waals surface area (Å²) in [7, 11) is 0. The van der Waals surface area contributed by atoms with Crippen LogP contribution < -0.4 is 4.90 Å². The molecule has 0 spiro atoms. The molecule has 2 heterocycles. The topological polar surface area (TPSA) is 36.4 Å². The molecule has 0 radical (unpaired) electrons. The van der Waals surface area contributed by atoms with Crippen LogP contribution in [0.2, 0.25) is 0 Å². The summed E-state index contributed by atoms with van der Waals surface area (Å²) in [5.41, 5.74) is 1.68. The van der Waals surface area contributed by atoms with Crippen molar-refractivity contribution < 1.29 is 9.50 Å². The molecule has 4 heteroatoms. The number of anilines is 1. The highest BCUT2D eigenvalue weighted by molar-refractivity contribution is 5.91. The molecule has 1 aliphatic heterocycles.